The number of hydrogen-bond acceptors (Lipinski definition) is 3. The number of thiocarbonyl (C=S) groups is 1. The molecule has 0 aromatic heterocycles. The lowest BCUT2D eigenvalue weighted by molar-refractivity contribution is -0.113. The Bertz CT molecular complexity index is 793. The zero-order valence-electron chi connectivity index (χ0n) is 13.1. The maximum absolute atomic E-state index is 12.7. The highest BCUT2D eigenvalue weighted by atomic mass is 32.2. The van der Waals surface area contributed by atoms with Gasteiger partial charge in [0.1, 0.15) is 0 Å². The van der Waals surface area contributed by atoms with Crippen LogP contribution in [0.4, 0.5) is 5.69 Å². The minimum Gasteiger partial charge on any atom is -0.268 e. The summed E-state index contributed by atoms with van der Waals surface area (Å²) in [6.07, 6.45) is 2.92. The van der Waals surface area contributed by atoms with Crippen LogP contribution in [0.3, 0.4) is 0 Å². The molecule has 1 fully saturated rings. The second kappa shape index (κ2) is 6.69. The molecule has 0 spiro atoms. The van der Waals surface area contributed by atoms with E-state index in [0.29, 0.717) is 9.23 Å². The van der Waals surface area contributed by atoms with Crippen LogP contribution in [0.2, 0.25) is 0 Å². The highest BCUT2D eigenvalue weighted by Crippen LogP contribution is 2.36. The second-order valence-corrected chi connectivity index (χ2v) is 7.13. The number of anilines is 1. The average Bonchev–Trinajstić information content (AvgIpc) is 2.82. The number of hydrogen-bond donors (Lipinski definition) is 0. The number of nitrogens with zero attached hydrogens (tertiary/aromatic N) is 1. The first-order valence-electron chi connectivity index (χ1n) is 7.52. The molecule has 1 aliphatic rings. The third-order valence-corrected chi connectivity index (χ3v) is 5.04. The van der Waals surface area contributed by atoms with Crippen LogP contribution >= 0.6 is 24.0 Å². The third kappa shape index (κ3) is 3.38. The van der Waals surface area contributed by atoms with E-state index in [0.717, 1.165) is 23.2 Å². The van der Waals surface area contributed by atoms with Crippen molar-refractivity contribution < 1.29 is 4.79 Å². The SMILES string of the molecule is CCc1ccc(C=C2SC(=S)N(c3cccc(C)c3)C2=O)cc1. The van der Waals surface area contributed by atoms with Gasteiger partial charge >= 0.3 is 0 Å². The van der Waals surface area contributed by atoms with Crippen molar-refractivity contribution in [1.82, 2.24) is 0 Å². The molecule has 23 heavy (non-hydrogen) atoms. The number of thioether (sulfide) groups is 1. The zero-order valence-corrected chi connectivity index (χ0v) is 14.7. The Labute approximate surface area is 146 Å². The predicted octanol–water partition coefficient (Wildman–Crippen LogP) is 4.96. The predicted molar refractivity (Wildman–Crippen MR) is 103 cm³/mol. The van der Waals surface area contributed by atoms with Crippen molar-refractivity contribution in [2.75, 3.05) is 4.90 Å². The molecule has 0 atom stereocenters. The summed E-state index contributed by atoms with van der Waals surface area (Å²) in [5, 5.41) is 0. The van der Waals surface area contributed by atoms with E-state index in [9.17, 15) is 4.79 Å². The van der Waals surface area contributed by atoms with Crippen molar-refractivity contribution in [2.45, 2.75) is 20.3 Å². The van der Waals surface area contributed by atoms with Gasteiger partial charge in [0, 0.05) is 0 Å². The van der Waals surface area contributed by atoms with Gasteiger partial charge in [-0.15, -0.1) is 0 Å². The molecular weight excluding hydrogens is 322 g/mol. The Morgan fingerprint density at radius 2 is 1.91 bits per heavy atom. The smallest absolute Gasteiger partial charge is 0.268 e. The molecule has 1 amide bonds. The van der Waals surface area contributed by atoms with Crippen LogP contribution in [0, 0.1) is 6.92 Å². The van der Waals surface area contributed by atoms with Crippen LogP contribution in [0.1, 0.15) is 23.6 Å². The molecule has 0 aliphatic carbocycles. The van der Waals surface area contributed by atoms with Crippen molar-refractivity contribution in [3.8, 4) is 0 Å². The third-order valence-electron chi connectivity index (χ3n) is 3.74. The molecule has 1 aliphatic heterocycles. The lowest BCUT2D eigenvalue weighted by atomic mass is 10.1. The highest BCUT2D eigenvalue weighted by Gasteiger charge is 2.33. The number of amides is 1. The normalized spacial score (nSPS) is 16.4. The maximum atomic E-state index is 12.7. The number of rotatable bonds is 3. The number of carbonyl (C=O) groups excluding carboxylic acids is 1. The largest absolute Gasteiger partial charge is 0.270 e. The van der Waals surface area contributed by atoms with Crippen molar-refractivity contribution in [1.29, 1.82) is 0 Å². The molecule has 1 saturated heterocycles. The summed E-state index contributed by atoms with van der Waals surface area (Å²) in [5.74, 6) is -0.0508. The molecule has 1 heterocycles. The number of benzene rings is 2. The van der Waals surface area contributed by atoms with Gasteiger partial charge in [0.05, 0.1) is 10.6 Å². The molecule has 0 saturated carbocycles. The first-order valence-corrected chi connectivity index (χ1v) is 8.74. The molecule has 2 nitrogen and oxygen atoms in total. The molecule has 0 unspecified atom stereocenters. The zero-order chi connectivity index (χ0) is 16.4. The van der Waals surface area contributed by atoms with E-state index in [1.54, 1.807) is 4.90 Å². The van der Waals surface area contributed by atoms with Crippen LogP contribution in [0.15, 0.2) is 53.4 Å². The summed E-state index contributed by atoms with van der Waals surface area (Å²) in [6.45, 7) is 4.13. The number of aryl methyl sites for hydroxylation is 2. The van der Waals surface area contributed by atoms with E-state index in [4.69, 9.17) is 12.2 Å². The Kier molecular flexibility index (Phi) is 4.64. The molecule has 3 rings (SSSR count). The summed E-state index contributed by atoms with van der Waals surface area (Å²) >= 11 is 6.76. The fourth-order valence-electron chi connectivity index (χ4n) is 2.46. The first kappa shape index (κ1) is 16.0. The minimum atomic E-state index is -0.0508. The quantitative estimate of drug-likeness (QED) is 0.582. The summed E-state index contributed by atoms with van der Waals surface area (Å²) in [7, 11) is 0. The second-order valence-electron chi connectivity index (χ2n) is 5.45. The summed E-state index contributed by atoms with van der Waals surface area (Å²) in [5.41, 5.74) is 4.24. The number of carbonyl (C=O) groups is 1. The van der Waals surface area contributed by atoms with Gasteiger partial charge in [0.2, 0.25) is 0 Å². The monoisotopic (exact) mass is 339 g/mol. The molecule has 0 bridgehead atoms. The van der Waals surface area contributed by atoms with Crippen LogP contribution in [0.25, 0.3) is 6.08 Å². The maximum Gasteiger partial charge on any atom is 0.270 e. The van der Waals surface area contributed by atoms with Gasteiger partial charge in [-0.2, -0.15) is 0 Å². The standard InChI is InChI=1S/C19H17NOS2/c1-3-14-7-9-15(10-8-14)12-17-18(21)20(19(22)23-17)16-6-4-5-13(2)11-16/h4-12H,3H2,1-2H3. The summed E-state index contributed by atoms with van der Waals surface area (Å²) < 4.78 is 0.581. The fourth-order valence-corrected chi connectivity index (χ4v) is 3.76. The van der Waals surface area contributed by atoms with E-state index < -0.39 is 0 Å². The van der Waals surface area contributed by atoms with E-state index in [1.807, 2.05) is 49.4 Å². The van der Waals surface area contributed by atoms with Gasteiger partial charge in [-0.3, -0.25) is 9.69 Å². The van der Waals surface area contributed by atoms with Crippen molar-refractivity contribution in [2.24, 2.45) is 0 Å². The summed E-state index contributed by atoms with van der Waals surface area (Å²) in [4.78, 5) is 15.0. The molecule has 0 radical (unpaired) electrons. The highest BCUT2D eigenvalue weighted by molar-refractivity contribution is 8.27. The Morgan fingerprint density at radius 1 is 1.17 bits per heavy atom. The molecule has 2 aromatic rings. The van der Waals surface area contributed by atoms with Gasteiger partial charge in [-0.1, -0.05) is 67.3 Å². The van der Waals surface area contributed by atoms with Crippen LogP contribution in [-0.2, 0) is 11.2 Å². The van der Waals surface area contributed by atoms with Gasteiger partial charge in [-0.25, -0.2) is 0 Å². The molecule has 2 aromatic carbocycles. The summed E-state index contributed by atoms with van der Waals surface area (Å²) in [6, 6.07) is 16.1. The van der Waals surface area contributed by atoms with Gasteiger partial charge < -0.3 is 0 Å². The van der Waals surface area contributed by atoms with Crippen molar-refractivity contribution >= 4 is 46.0 Å². The average molecular weight is 339 g/mol. The van der Waals surface area contributed by atoms with E-state index >= 15 is 0 Å². The molecule has 4 heteroatoms. The van der Waals surface area contributed by atoms with Crippen molar-refractivity contribution in [3.05, 3.63) is 70.1 Å². The van der Waals surface area contributed by atoms with E-state index in [-0.39, 0.29) is 5.91 Å². The van der Waals surface area contributed by atoms with Gasteiger partial charge in [-0.05, 0) is 48.2 Å². The molecular formula is C19H17NOS2. The van der Waals surface area contributed by atoms with Gasteiger partial charge in [0.25, 0.3) is 5.91 Å². The van der Waals surface area contributed by atoms with Gasteiger partial charge in [0.15, 0.2) is 4.32 Å². The minimum absolute atomic E-state index is 0.0508. The van der Waals surface area contributed by atoms with Crippen LogP contribution < -0.4 is 4.90 Å². The fraction of sp³-hybridized carbons (Fsp3) is 0.158. The Hall–Kier alpha value is -1.91. The molecule has 0 N–H and O–H groups in total. The van der Waals surface area contributed by atoms with Crippen LogP contribution in [0.5, 0.6) is 0 Å². The molecule has 116 valence electrons. The Morgan fingerprint density at radius 3 is 2.57 bits per heavy atom. The van der Waals surface area contributed by atoms with Crippen LogP contribution in [-0.4, -0.2) is 10.2 Å². The lowest BCUT2D eigenvalue weighted by Gasteiger charge is -2.14. The van der Waals surface area contributed by atoms with Crippen molar-refractivity contribution in [3.63, 3.8) is 0 Å². The first-order chi connectivity index (χ1) is 11.1. The van der Waals surface area contributed by atoms with E-state index in [2.05, 4.69) is 19.1 Å². The lowest BCUT2D eigenvalue weighted by Crippen LogP contribution is -2.27. The topological polar surface area (TPSA) is 20.3 Å². The Balaban J connectivity index is 1.89. The van der Waals surface area contributed by atoms with E-state index in [1.165, 1.54) is 17.3 Å².